The second-order valence-electron chi connectivity index (χ2n) is 2.43. The van der Waals surface area contributed by atoms with E-state index in [1.54, 1.807) is 0 Å². The molecule has 2 heteroatoms. The van der Waals surface area contributed by atoms with Crippen LogP contribution in [-0.4, -0.2) is 26.4 Å². The van der Waals surface area contributed by atoms with E-state index in [-0.39, 0.29) is 0 Å². The average Bonchev–Trinajstić information content (AvgIpc) is 2.03. The molecule has 0 aromatic heterocycles. The molecule has 0 amide bonds. The van der Waals surface area contributed by atoms with Crippen LogP contribution in [0.1, 0.15) is 26.2 Å². The van der Waals surface area contributed by atoms with Crippen molar-refractivity contribution in [2.75, 3.05) is 26.4 Å². The first-order valence-corrected chi connectivity index (χ1v) is 4.36. The van der Waals surface area contributed by atoms with E-state index in [9.17, 15) is 0 Å². The van der Waals surface area contributed by atoms with Crippen LogP contribution < -0.4 is 0 Å². The summed E-state index contributed by atoms with van der Waals surface area (Å²) in [6.07, 6.45) is 3.09. The highest BCUT2D eigenvalue weighted by Gasteiger charge is 1.87. The summed E-state index contributed by atoms with van der Waals surface area (Å²) in [6.45, 7) is 8.94. The van der Waals surface area contributed by atoms with Crippen LogP contribution in [0.5, 0.6) is 0 Å². The van der Waals surface area contributed by atoms with Crippen LogP contribution in [0.15, 0.2) is 0 Å². The van der Waals surface area contributed by atoms with Gasteiger partial charge in [-0.2, -0.15) is 0 Å². The summed E-state index contributed by atoms with van der Waals surface area (Å²) in [5.74, 6) is 0. The largest absolute Gasteiger partial charge is 0.379 e. The number of ether oxygens (including phenoxy) is 2. The lowest BCUT2D eigenvalue weighted by Gasteiger charge is -2.03. The Morgan fingerprint density at radius 2 is 1.64 bits per heavy atom. The van der Waals surface area contributed by atoms with Gasteiger partial charge in [-0.05, 0) is 12.8 Å². The van der Waals surface area contributed by atoms with Gasteiger partial charge in [0, 0.05) is 13.2 Å². The predicted octanol–water partition coefficient (Wildman–Crippen LogP) is 2.04. The Morgan fingerprint density at radius 3 is 2.18 bits per heavy atom. The third kappa shape index (κ3) is 9.92. The third-order valence-corrected chi connectivity index (χ3v) is 1.26. The highest BCUT2D eigenvalue weighted by atomic mass is 16.5. The molecule has 0 saturated heterocycles. The highest BCUT2D eigenvalue weighted by molar-refractivity contribution is 4.39. The zero-order valence-corrected chi connectivity index (χ0v) is 7.47. The second kappa shape index (κ2) is 9.92. The SMILES string of the molecule is [CH2]CCCOCCOCCC. The van der Waals surface area contributed by atoms with Crippen molar-refractivity contribution in [3.63, 3.8) is 0 Å². The summed E-state index contributed by atoms with van der Waals surface area (Å²) in [4.78, 5) is 0. The molecular weight excluding hydrogens is 140 g/mol. The maximum absolute atomic E-state index is 5.26. The molecule has 0 saturated carbocycles. The number of unbranched alkanes of at least 4 members (excludes halogenated alkanes) is 1. The minimum atomic E-state index is 0.722. The fourth-order valence-corrected chi connectivity index (χ4v) is 0.670. The zero-order chi connectivity index (χ0) is 8.36. The standard InChI is InChI=1S/C9H19O2/c1-3-5-7-11-9-8-10-6-4-2/h1,3-9H2,2H3. The van der Waals surface area contributed by atoms with E-state index in [0.717, 1.165) is 45.7 Å². The number of hydrogen-bond donors (Lipinski definition) is 0. The fraction of sp³-hybridized carbons (Fsp3) is 0.889. The molecule has 0 aliphatic carbocycles. The molecule has 0 aliphatic heterocycles. The quantitative estimate of drug-likeness (QED) is 0.505. The van der Waals surface area contributed by atoms with Crippen LogP contribution in [0.4, 0.5) is 0 Å². The van der Waals surface area contributed by atoms with Crippen molar-refractivity contribution in [2.24, 2.45) is 0 Å². The van der Waals surface area contributed by atoms with Gasteiger partial charge < -0.3 is 9.47 Å². The van der Waals surface area contributed by atoms with Gasteiger partial charge in [-0.3, -0.25) is 0 Å². The summed E-state index contributed by atoms with van der Waals surface area (Å²) < 4.78 is 10.5. The molecular formula is C9H19O2. The molecule has 0 fully saturated rings. The van der Waals surface area contributed by atoms with Gasteiger partial charge in [0.1, 0.15) is 0 Å². The normalized spacial score (nSPS) is 10.4. The zero-order valence-electron chi connectivity index (χ0n) is 7.47. The first kappa shape index (κ1) is 10.9. The molecule has 0 aliphatic rings. The van der Waals surface area contributed by atoms with E-state index in [0.29, 0.717) is 0 Å². The molecule has 0 bridgehead atoms. The van der Waals surface area contributed by atoms with E-state index in [1.807, 2.05) is 0 Å². The molecule has 0 aromatic rings. The van der Waals surface area contributed by atoms with Gasteiger partial charge in [0.05, 0.1) is 13.2 Å². The summed E-state index contributed by atoms with van der Waals surface area (Å²) in [7, 11) is 0. The number of hydrogen-bond acceptors (Lipinski definition) is 2. The van der Waals surface area contributed by atoms with Crippen LogP contribution in [-0.2, 0) is 9.47 Å². The van der Waals surface area contributed by atoms with Crippen molar-refractivity contribution in [3.8, 4) is 0 Å². The Bertz CT molecular complexity index is 56.6. The molecule has 0 rings (SSSR count). The Balaban J connectivity index is 2.69. The topological polar surface area (TPSA) is 18.5 Å². The van der Waals surface area contributed by atoms with Crippen LogP contribution in [0.2, 0.25) is 0 Å². The minimum Gasteiger partial charge on any atom is -0.379 e. The van der Waals surface area contributed by atoms with Crippen molar-refractivity contribution in [3.05, 3.63) is 6.92 Å². The van der Waals surface area contributed by atoms with Crippen LogP contribution in [0.25, 0.3) is 0 Å². The fourth-order valence-electron chi connectivity index (χ4n) is 0.670. The van der Waals surface area contributed by atoms with Gasteiger partial charge in [-0.15, -0.1) is 0 Å². The maximum Gasteiger partial charge on any atom is 0.0700 e. The lowest BCUT2D eigenvalue weighted by molar-refractivity contribution is 0.0473. The van der Waals surface area contributed by atoms with Crippen LogP contribution in [0.3, 0.4) is 0 Å². The smallest absolute Gasteiger partial charge is 0.0700 e. The Hall–Kier alpha value is -0.0800. The van der Waals surface area contributed by atoms with Gasteiger partial charge in [0.25, 0.3) is 0 Å². The van der Waals surface area contributed by atoms with E-state index in [4.69, 9.17) is 9.47 Å². The van der Waals surface area contributed by atoms with Gasteiger partial charge in [0.2, 0.25) is 0 Å². The summed E-state index contributed by atoms with van der Waals surface area (Å²) in [5, 5.41) is 0. The molecule has 2 nitrogen and oxygen atoms in total. The first-order chi connectivity index (χ1) is 5.41. The highest BCUT2D eigenvalue weighted by Crippen LogP contribution is 1.87. The molecule has 0 aromatic carbocycles. The van der Waals surface area contributed by atoms with Gasteiger partial charge in [-0.25, -0.2) is 0 Å². The molecule has 0 unspecified atom stereocenters. The molecule has 0 heterocycles. The summed E-state index contributed by atoms with van der Waals surface area (Å²) in [6, 6.07) is 0. The Morgan fingerprint density at radius 1 is 1.00 bits per heavy atom. The Labute approximate surface area is 69.9 Å². The summed E-state index contributed by atoms with van der Waals surface area (Å²) in [5.41, 5.74) is 0. The van der Waals surface area contributed by atoms with Gasteiger partial charge in [-0.1, -0.05) is 20.3 Å². The maximum atomic E-state index is 5.26. The average molecular weight is 159 g/mol. The molecule has 0 atom stereocenters. The van der Waals surface area contributed by atoms with Crippen molar-refractivity contribution in [2.45, 2.75) is 26.2 Å². The molecule has 0 N–H and O–H groups in total. The van der Waals surface area contributed by atoms with E-state index in [2.05, 4.69) is 13.8 Å². The first-order valence-electron chi connectivity index (χ1n) is 4.36. The van der Waals surface area contributed by atoms with E-state index >= 15 is 0 Å². The Kier molecular flexibility index (Phi) is 9.85. The minimum absolute atomic E-state index is 0.722. The third-order valence-electron chi connectivity index (χ3n) is 1.26. The van der Waals surface area contributed by atoms with Crippen molar-refractivity contribution in [1.82, 2.24) is 0 Å². The molecule has 0 spiro atoms. The van der Waals surface area contributed by atoms with Crippen LogP contribution >= 0.6 is 0 Å². The number of rotatable bonds is 8. The molecule has 11 heavy (non-hydrogen) atoms. The van der Waals surface area contributed by atoms with Crippen molar-refractivity contribution >= 4 is 0 Å². The van der Waals surface area contributed by atoms with Crippen molar-refractivity contribution < 1.29 is 9.47 Å². The summed E-state index contributed by atoms with van der Waals surface area (Å²) >= 11 is 0. The second-order valence-corrected chi connectivity index (χ2v) is 2.43. The van der Waals surface area contributed by atoms with Crippen LogP contribution in [0, 0.1) is 6.92 Å². The monoisotopic (exact) mass is 159 g/mol. The van der Waals surface area contributed by atoms with E-state index < -0.39 is 0 Å². The lowest BCUT2D eigenvalue weighted by Crippen LogP contribution is -2.05. The predicted molar refractivity (Wildman–Crippen MR) is 46.5 cm³/mol. The lowest BCUT2D eigenvalue weighted by atomic mass is 10.4. The molecule has 1 radical (unpaired) electrons. The molecule has 67 valence electrons. The van der Waals surface area contributed by atoms with Gasteiger partial charge >= 0.3 is 0 Å². The van der Waals surface area contributed by atoms with E-state index in [1.165, 1.54) is 0 Å². The van der Waals surface area contributed by atoms with Crippen molar-refractivity contribution in [1.29, 1.82) is 0 Å². The van der Waals surface area contributed by atoms with Gasteiger partial charge in [0.15, 0.2) is 0 Å².